The third-order valence-corrected chi connectivity index (χ3v) is 5.30. The molecule has 0 radical (unpaired) electrons. The monoisotopic (exact) mass is 338 g/mol. The molecule has 1 aromatic carbocycles. The van der Waals surface area contributed by atoms with Gasteiger partial charge in [0.25, 0.3) is 0 Å². The molecule has 0 saturated carbocycles. The summed E-state index contributed by atoms with van der Waals surface area (Å²) in [6, 6.07) is 8.31. The van der Waals surface area contributed by atoms with E-state index in [-0.39, 0.29) is 0 Å². The number of fused-ring (bicyclic) bond motifs is 2. The Morgan fingerprint density at radius 1 is 1.17 bits per heavy atom. The van der Waals surface area contributed by atoms with Crippen LogP contribution in [0, 0.1) is 0 Å². The predicted molar refractivity (Wildman–Crippen MR) is 98.8 cm³/mol. The fraction of sp³-hybridized carbons (Fsp3) is 0.0556. The van der Waals surface area contributed by atoms with Gasteiger partial charge in [-0.2, -0.15) is 0 Å². The van der Waals surface area contributed by atoms with E-state index in [0.717, 1.165) is 20.8 Å². The molecule has 23 heavy (non-hydrogen) atoms. The van der Waals surface area contributed by atoms with Crippen molar-refractivity contribution in [2.75, 3.05) is 11.9 Å². The first-order valence-corrected chi connectivity index (χ1v) is 8.91. The lowest BCUT2D eigenvalue weighted by atomic mass is 10.3. The Balaban J connectivity index is 1.38. The smallest absolute Gasteiger partial charge is 0.232 e. The summed E-state index contributed by atoms with van der Waals surface area (Å²) in [4.78, 5) is 6.80. The van der Waals surface area contributed by atoms with E-state index in [4.69, 9.17) is 4.74 Å². The third-order valence-electron chi connectivity index (χ3n) is 3.30. The number of rotatable bonds is 3. The highest BCUT2D eigenvalue weighted by Crippen LogP contribution is 2.40. The van der Waals surface area contributed by atoms with Gasteiger partial charge in [-0.25, -0.2) is 4.98 Å². The van der Waals surface area contributed by atoms with Crippen molar-refractivity contribution in [2.24, 2.45) is 0 Å². The second kappa shape index (κ2) is 6.48. The van der Waals surface area contributed by atoms with Crippen LogP contribution in [0.3, 0.4) is 0 Å². The zero-order valence-corrected chi connectivity index (χ0v) is 13.9. The molecule has 2 aromatic rings. The molecular weight excluding hydrogens is 324 g/mol. The van der Waals surface area contributed by atoms with Gasteiger partial charge in [0.05, 0.1) is 15.6 Å². The van der Waals surface area contributed by atoms with Crippen molar-refractivity contribution in [3.05, 3.63) is 69.6 Å². The highest BCUT2D eigenvalue weighted by atomic mass is 32.2. The molecule has 1 aromatic heterocycles. The van der Waals surface area contributed by atoms with E-state index >= 15 is 0 Å². The average Bonchev–Trinajstić information content (AvgIpc) is 3.17. The van der Waals surface area contributed by atoms with Crippen LogP contribution in [0.2, 0.25) is 0 Å². The quantitative estimate of drug-likeness (QED) is 0.782. The molecule has 4 rings (SSSR count). The Hall–Kier alpha value is -2.24. The topological polar surface area (TPSA) is 34.2 Å². The van der Waals surface area contributed by atoms with Gasteiger partial charge in [-0.3, -0.25) is 0 Å². The molecule has 3 nitrogen and oxygen atoms in total. The number of ether oxygens (including phenoxy) is 1. The van der Waals surface area contributed by atoms with Gasteiger partial charge in [0.1, 0.15) is 11.6 Å². The normalized spacial score (nSPS) is 17.5. The van der Waals surface area contributed by atoms with Gasteiger partial charge in [0.2, 0.25) is 5.88 Å². The molecule has 0 aliphatic carbocycles. The van der Waals surface area contributed by atoms with Crippen LogP contribution in [0.4, 0.5) is 5.69 Å². The molecular formula is C18H14N2OS2. The van der Waals surface area contributed by atoms with Crippen molar-refractivity contribution in [3.63, 3.8) is 0 Å². The highest BCUT2D eigenvalue weighted by Gasteiger charge is 2.13. The van der Waals surface area contributed by atoms with Crippen molar-refractivity contribution in [2.45, 2.75) is 4.90 Å². The molecule has 0 unspecified atom stereocenters. The van der Waals surface area contributed by atoms with Gasteiger partial charge < -0.3 is 10.1 Å². The Morgan fingerprint density at radius 3 is 3.04 bits per heavy atom. The molecule has 1 N–H and O–H groups in total. The van der Waals surface area contributed by atoms with E-state index in [0.29, 0.717) is 6.61 Å². The van der Waals surface area contributed by atoms with Crippen LogP contribution in [0.15, 0.2) is 64.6 Å². The summed E-state index contributed by atoms with van der Waals surface area (Å²) >= 11 is 3.38. The number of hydrogen-bond donors (Lipinski definition) is 1. The SMILES string of the molecule is C(=CC=C1Nc2ccccc2S1)C=Cc1nc2c(s1)C=CCO2. The average molecular weight is 338 g/mol. The lowest BCUT2D eigenvalue weighted by Crippen LogP contribution is -1.98. The van der Waals surface area contributed by atoms with Crippen molar-refractivity contribution in [3.8, 4) is 5.88 Å². The second-order valence-corrected chi connectivity index (χ2v) is 7.08. The molecule has 114 valence electrons. The van der Waals surface area contributed by atoms with Gasteiger partial charge in [0, 0.05) is 4.90 Å². The molecule has 0 saturated heterocycles. The molecule has 2 aliphatic rings. The number of aromatic nitrogens is 1. The summed E-state index contributed by atoms with van der Waals surface area (Å²) in [5.41, 5.74) is 1.18. The van der Waals surface area contributed by atoms with Gasteiger partial charge in [-0.15, -0.1) is 11.3 Å². The van der Waals surface area contributed by atoms with Gasteiger partial charge in [-0.05, 0) is 36.4 Å². The summed E-state index contributed by atoms with van der Waals surface area (Å²) in [5, 5.41) is 5.49. The molecule has 0 bridgehead atoms. The first-order valence-electron chi connectivity index (χ1n) is 7.27. The zero-order valence-electron chi connectivity index (χ0n) is 12.2. The minimum absolute atomic E-state index is 0.612. The van der Waals surface area contributed by atoms with E-state index in [2.05, 4.69) is 40.7 Å². The van der Waals surface area contributed by atoms with Crippen LogP contribution in [0.25, 0.3) is 12.2 Å². The van der Waals surface area contributed by atoms with E-state index in [1.54, 1.807) is 23.1 Å². The van der Waals surface area contributed by atoms with Crippen LogP contribution in [-0.4, -0.2) is 11.6 Å². The van der Waals surface area contributed by atoms with Crippen molar-refractivity contribution in [1.82, 2.24) is 4.98 Å². The Labute approximate surface area is 143 Å². The number of allylic oxidation sites excluding steroid dienone is 4. The van der Waals surface area contributed by atoms with Crippen LogP contribution in [-0.2, 0) is 0 Å². The minimum atomic E-state index is 0.612. The number of nitrogens with zero attached hydrogens (tertiary/aromatic N) is 1. The standard InChI is InChI=1S/C18H14N2OS2/c1(2-10-16-19-13-7-4-5-8-14(13)22-16)3-11-17-20-18-15(23-17)9-6-12-21-18/h1-11,19H,12H2. The first kappa shape index (κ1) is 14.4. The summed E-state index contributed by atoms with van der Waals surface area (Å²) in [7, 11) is 0. The Morgan fingerprint density at radius 2 is 2.13 bits per heavy atom. The maximum absolute atomic E-state index is 5.47. The summed E-state index contributed by atoms with van der Waals surface area (Å²) in [6.07, 6.45) is 14.2. The fourth-order valence-corrected chi connectivity index (χ4v) is 4.03. The zero-order chi connectivity index (χ0) is 15.5. The molecule has 3 heterocycles. The molecule has 0 spiro atoms. The molecule has 0 amide bonds. The summed E-state index contributed by atoms with van der Waals surface area (Å²) in [5.74, 6) is 0.743. The number of para-hydroxylation sites is 1. The van der Waals surface area contributed by atoms with Crippen LogP contribution < -0.4 is 10.1 Å². The third kappa shape index (κ3) is 3.25. The number of thioether (sulfide) groups is 1. The van der Waals surface area contributed by atoms with Crippen LogP contribution in [0.1, 0.15) is 9.88 Å². The first-order chi connectivity index (χ1) is 11.4. The van der Waals surface area contributed by atoms with Crippen LogP contribution >= 0.6 is 23.1 Å². The Kier molecular flexibility index (Phi) is 4.05. The summed E-state index contributed by atoms with van der Waals surface area (Å²) in [6.45, 7) is 0.612. The molecule has 0 fully saturated rings. The fourth-order valence-electron chi connectivity index (χ4n) is 2.25. The van der Waals surface area contributed by atoms with E-state index in [9.17, 15) is 0 Å². The molecule has 0 atom stereocenters. The van der Waals surface area contributed by atoms with Crippen molar-refractivity contribution in [1.29, 1.82) is 0 Å². The molecule has 5 heteroatoms. The van der Waals surface area contributed by atoms with Crippen molar-refractivity contribution >= 4 is 40.9 Å². The minimum Gasteiger partial charge on any atom is -0.472 e. The largest absolute Gasteiger partial charge is 0.472 e. The van der Waals surface area contributed by atoms with E-state index in [1.165, 1.54) is 10.6 Å². The second-order valence-electron chi connectivity index (χ2n) is 4.93. The predicted octanol–water partition coefficient (Wildman–Crippen LogP) is 5.18. The Bertz CT molecular complexity index is 819. The maximum Gasteiger partial charge on any atom is 0.232 e. The lowest BCUT2D eigenvalue weighted by Gasteiger charge is -2.03. The molecule has 2 aliphatic heterocycles. The van der Waals surface area contributed by atoms with Crippen LogP contribution in [0.5, 0.6) is 5.88 Å². The van der Waals surface area contributed by atoms with E-state index < -0.39 is 0 Å². The van der Waals surface area contributed by atoms with Gasteiger partial charge in [-0.1, -0.05) is 42.1 Å². The van der Waals surface area contributed by atoms with E-state index in [1.807, 2.05) is 36.4 Å². The van der Waals surface area contributed by atoms with Gasteiger partial charge in [0.15, 0.2) is 0 Å². The van der Waals surface area contributed by atoms with Gasteiger partial charge >= 0.3 is 0 Å². The maximum atomic E-state index is 5.47. The number of hydrogen-bond acceptors (Lipinski definition) is 5. The lowest BCUT2D eigenvalue weighted by molar-refractivity contribution is 0.346. The number of nitrogens with one attached hydrogen (secondary N) is 1. The summed E-state index contributed by atoms with van der Waals surface area (Å²) < 4.78 is 5.47. The number of benzene rings is 1. The number of thiazole rings is 1. The number of anilines is 1. The highest BCUT2D eigenvalue weighted by molar-refractivity contribution is 8.03. The van der Waals surface area contributed by atoms with Crippen molar-refractivity contribution < 1.29 is 4.74 Å².